The third-order valence-corrected chi connectivity index (χ3v) is 5.59. The van der Waals surface area contributed by atoms with Gasteiger partial charge in [0.1, 0.15) is 0 Å². The predicted octanol–water partition coefficient (Wildman–Crippen LogP) is 4.35. The van der Waals surface area contributed by atoms with Gasteiger partial charge in [-0.1, -0.05) is 0 Å². The van der Waals surface area contributed by atoms with Crippen molar-refractivity contribution in [3.05, 3.63) is 43.0 Å². The van der Waals surface area contributed by atoms with Gasteiger partial charge in [0.25, 0.3) is 0 Å². The predicted molar refractivity (Wildman–Crippen MR) is 79.2 cm³/mol. The van der Waals surface area contributed by atoms with Crippen molar-refractivity contribution in [2.75, 3.05) is 0 Å². The van der Waals surface area contributed by atoms with Crippen LogP contribution in [-0.4, -0.2) is 15.0 Å². The van der Waals surface area contributed by atoms with Crippen LogP contribution in [0, 0.1) is 0 Å². The molecule has 0 heterocycles. The fourth-order valence-corrected chi connectivity index (χ4v) is 4.45. The normalized spacial score (nSPS) is 12.3. The van der Waals surface area contributed by atoms with Crippen LogP contribution in [-0.2, 0) is 0 Å². The molecule has 1 rings (SSSR count). The summed E-state index contributed by atoms with van der Waals surface area (Å²) in [6.45, 7) is 6.17. The molecular formula is C16H24Se. The zero-order valence-electron chi connectivity index (χ0n) is 10.9. The van der Waals surface area contributed by atoms with E-state index in [0.717, 1.165) is 4.82 Å². The van der Waals surface area contributed by atoms with Crippen molar-refractivity contribution in [2.45, 2.75) is 50.3 Å². The van der Waals surface area contributed by atoms with Crippen molar-refractivity contribution in [1.82, 2.24) is 0 Å². The third-order valence-electron chi connectivity index (χ3n) is 2.86. The number of hydrogen-bond donors (Lipinski definition) is 0. The summed E-state index contributed by atoms with van der Waals surface area (Å²) in [6, 6.07) is 10.9. The van der Waals surface area contributed by atoms with Crippen LogP contribution < -0.4 is 4.46 Å². The first kappa shape index (κ1) is 14.5. The molecule has 0 aliphatic carbocycles. The minimum atomic E-state index is 0.613. The monoisotopic (exact) mass is 296 g/mol. The molecule has 0 saturated carbocycles. The Labute approximate surface area is 113 Å². The fourth-order valence-electron chi connectivity index (χ4n) is 1.90. The fraction of sp³-hybridized carbons (Fsp3) is 0.500. The Bertz CT molecular complexity index is 292. The van der Waals surface area contributed by atoms with Crippen LogP contribution in [0.25, 0.3) is 0 Å². The van der Waals surface area contributed by atoms with Gasteiger partial charge in [-0.2, -0.15) is 0 Å². The van der Waals surface area contributed by atoms with Crippen LogP contribution in [0.2, 0.25) is 4.82 Å². The summed E-state index contributed by atoms with van der Waals surface area (Å²) in [6.07, 6.45) is 10.2. The number of rotatable bonds is 9. The quantitative estimate of drug-likeness (QED) is 0.361. The minimum absolute atomic E-state index is 0.613. The second kappa shape index (κ2) is 9.50. The molecule has 0 fully saturated rings. The Morgan fingerprint density at radius 2 is 1.94 bits per heavy atom. The summed E-state index contributed by atoms with van der Waals surface area (Å²) >= 11 is 0.613. The van der Waals surface area contributed by atoms with E-state index in [1.54, 1.807) is 0 Å². The zero-order valence-corrected chi connectivity index (χ0v) is 12.6. The number of benzene rings is 1. The average Bonchev–Trinajstić information content (AvgIpc) is 2.36. The first-order chi connectivity index (χ1) is 8.36. The molecule has 1 atom stereocenters. The van der Waals surface area contributed by atoms with Crippen LogP contribution in [0.5, 0.6) is 0 Å². The molecule has 0 saturated heterocycles. The Morgan fingerprint density at radius 3 is 2.59 bits per heavy atom. The molecule has 1 unspecified atom stereocenters. The molecule has 0 bridgehead atoms. The van der Waals surface area contributed by atoms with Crippen molar-refractivity contribution in [1.29, 1.82) is 0 Å². The van der Waals surface area contributed by atoms with Gasteiger partial charge in [0.2, 0.25) is 0 Å². The number of allylic oxidation sites excluding steroid dienone is 1. The maximum absolute atomic E-state index is 3.90. The SMILES string of the molecule is C=CCC(CCCCCC)[Se]c1ccccc1. The van der Waals surface area contributed by atoms with E-state index in [0.29, 0.717) is 15.0 Å². The summed E-state index contributed by atoms with van der Waals surface area (Å²) in [5, 5.41) is 0. The van der Waals surface area contributed by atoms with E-state index in [4.69, 9.17) is 0 Å². The maximum atomic E-state index is 3.90. The van der Waals surface area contributed by atoms with Gasteiger partial charge in [0.15, 0.2) is 0 Å². The van der Waals surface area contributed by atoms with Crippen molar-refractivity contribution < 1.29 is 0 Å². The molecule has 0 radical (unpaired) electrons. The Hall–Kier alpha value is -0.521. The van der Waals surface area contributed by atoms with Crippen molar-refractivity contribution in [3.63, 3.8) is 0 Å². The van der Waals surface area contributed by atoms with E-state index in [-0.39, 0.29) is 0 Å². The zero-order chi connectivity index (χ0) is 12.3. The summed E-state index contributed by atoms with van der Waals surface area (Å²) in [5.74, 6) is 0. The second-order valence-electron chi connectivity index (χ2n) is 4.43. The van der Waals surface area contributed by atoms with Crippen molar-refractivity contribution >= 4 is 19.4 Å². The molecule has 1 aromatic rings. The van der Waals surface area contributed by atoms with Gasteiger partial charge in [-0.05, 0) is 0 Å². The molecule has 0 aliphatic rings. The summed E-state index contributed by atoms with van der Waals surface area (Å²) in [7, 11) is 0. The standard InChI is InChI=1S/C16H24Se/c1-3-5-6-8-12-15(11-4-2)17-16-13-9-7-10-14-16/h4,7,9-10,13-15H,2-3,5-6,8,11-12H2,1H3. The van der Waals surface area contributed by atoms with E-state index in [1.165, 1.54) is 43.0 Å². The summed E-state index contributed by atoms with van der Waals surface area (Å²) < 4.78 is 1.53. The van der Waals surface area contributed by atoms with Gasteiger partial charge >= 0.3 is 113 Å². The first-order valence-corrected chi connectivity index (χ1v) is 8.54. The van der Waals surface area contributed by atoms with Gasteiger partial charge in [0, 0.05) is 0 Å². The van der Waals surface area contributed by atoms with Gasteiger partial charge in [-0.15, -0.1) is 0 Å². The average molecular weight is 295 g/mol. The molecule has 0 aromatic heterocycles. The molecule has 0 aliphatic heterocycles. The molecule has 94 valence electrons. The Kier molecular flexibility index (Phi) is 8.13. The topological polar surface area (TPSA) is 0 Å². The molecule has 1 aromatic carbocycles. The van der Waals surface area contributed by atoms with Crippen molar-refractivity contribution in [3.8, 4) is 0 Å². The second-order valence-corrected chi connectivity index (χ2v) is 7.31. The van der Waals surface area contributed by atoms with Gasteiger partial charge in [0.05, 0.1) is 0 Å². The van der Waals surface area contributed by atoms with E-state index in [1.807, 2.05) is 0 Å². The van der Waals surface area contributed by atoms with Crippen LogP contribution >= 0.6 is 0 Å². The molecule has 0 N–H and O–H groups in total. The first-order valence-electron chi connectivity index (χ1n) is 6.69. The molecule has 1 heteroatoms. The van der Waals surface area contributed by atoms with Gasteiger partial charge < -0.3 is 0 Å². The number of unbranched alkanes of at least 4 members (excludes halogenated alkanes) is 3. The summed E-state index contributed by atoms with van der Waals surface area (Å²) in [5.41, 5.74) is 0. The van der Waals surface area contributed by atoms with Crippen LogP contribution in [0.15, 0.2) is 43.0 Å². The third kappa shape index (κ3) is 6.71. The molecule has 0 amide bonds. The van der Waals surface area contributed by atoms with Gasteiger partial charge in [-0.25, -0.2) is 0 Å². The van der Waals surface area contributed by atoms with E-state index in [9.17, 15) is 0 Å². The summed E-state index contributed by atoms with van der Waals surface area (Å²) in [4.78, 5) is 0.847. The van der Waals surface area contributed by atoms with E-state index >= 15 is 0 Å². The molecule has 17 heavy (non-hydrogen) atoms. The molecule has 0 nitrogen and oxygen atoms in total. The molecular weight excluding hydrogens is 271 g/mol. The van der Waals surface area contributed by atoms with Gasteiger partial charge in [-0.3, -0.25) is 0 Å². The Balaban J connectivity index is 2.35. The van der Waals surface area contributed by atoms with E-state index < -0.39 is 0 Å². The van der Waals surface area contributed by atoms with Crippen LogP contribution in [0.4, 0.5) is 0 Å². The number of hydrogen-bond acceptors (Lipinski definition) is 0. The van der Waals surface area contributed by atoms with Crippen molar-refractivity contribution in [2.24, 2.45) is 0 Å². The Morgan fingerprint density at radius 1 is 1.18 bits per heavy atom. The van der Waals surface area contributed by atoms with E-state index in [2.05, 4.69) is 49.9 Å². The van der Waals surface area contributed by atoms with Crippen LogP contribution in [0.1, 0.15) is 45.4 Å². The van der Waals surface area contributed by atoms with Crippen LogP contribution in [0.3, 0.4) is 0 Å². The molecule has 0 spiro atoms.